The van der Waals surface area contributed by atoms with E-state index in [2.05, 4.69) is 44.9 Å². The van der Waals surface area contributed by atoms with Crippen molar-refractivity contribution >= 4 is 33.5 Å². The summed E-state index contributed by atoms with van der Waals surface area (Å²) < 4.78 is 5.81. The third-order valence-corrected chi connectivity index (χ3v) is 5.40. The molecule has 12 nitrogen and oxygen atoms in total. The third-order valence-electron chi connectivity index (χ3n) is 5.40. The summed E-state index contributed by atoms with van der Waals surface area (Å²) in [6, 6.07) is 6.09. The van der Waals surface area contributed by atoms with Crippen LogP contribution in [0.4, 0.5) is 0 Å². The van der Waals surface area contributed by atoms with Gasteiger partial charge >= 0.3 is 0 Å². The summed E-state index contributed by atoms with van der Waals surface area (Å²) in [5.74, 6) is 0. The van der Waals surface area contributed by atoms with Crippen molar-refractivity contribution in [1.29, 1.82) is 0 Å². The average Bonchev–Trinajstić information content (AvgIpc) is 3.60. The highest BCUT2D eigenvalue weighted by molar-refractivity contribution is 5.77. The molecule has 0 aliphatic heterocycles. The van der Waals surface area contributed by atoms with E-state index in [4.69, 9.17) is 0 Å². The molecule has 0 fully saturated rings. The molecule has 156 valence electrons. The van der Waals surface area contributed by atoms with Crippen molar-refractivity contribution in [1.82, 2.24) is 58.6 Å². The van der Waals surface area contributed by atoms with Gasteiger partial charge in [-0.2, -0.15) is 0 Å². The smallest absolute Gasteiger partial charge is 0.181 e. The van der Waals surface area contributed by atoms with Gasteiger partial charge in [0.1, 0.15) is 54.5 Å². The summed E-state index contributed by atoms with van der Waals surface area (Å²) in [6.45, 7) is 0. The van der Waals surface area contributed by atoms with Gasteiger partial charge in [-0.05, 0) is 18.2 Å². The van der Waals surface area contributed by atoms with Gasteiger partial charge < -0.3 is 0 Å². The topological polar surface area (TPSA) is 131 Å². The first-order valence-electron chi connectivity index (χ1n) is 9.90. The Morgan fingerprint density at radius 3 is 1.09 bits per heavy atom. The summed E-state index contributed by atoms with van der Waals surface area (Å²) in [4.78, 5) is 38.5. The molecule has 0 spiro atoms. The lowest BCUT2D eigenvalue weighted by Gasteiger charge is -2.13. The van der Waals surface area contributed by atoms with Gasteiger partial charge in [0.25, 0.3) is 0 Å². The molecular weight excluding hydrogens is 420 g/mol. The van der Waals surface area contributed by atoms with E-state index in [0.29, 0.717) is 16.9 Å². The molecular formula is C21H12N12. The summed E-state index contributed by atoms with van der Waals surface area (Å²) in [6.07, 6.45) is 14.9. The van der Waals surface area contributed by atoms with Crippen molar-refractivity contribution < 1.29 is 0 Å². The molecule has 12 heteroatoms. The van der Waals surface area contributed by atoms with Crippen molar-refractivity contribution in [2.24, 2.45) is 0 Å². The van der Waals surface area contributed by atoms with E-state index in [0.717, 1.165) is 33.6 Å². The van der Waals surface area contributed by atoms with E-state index in [-0.39, 0.29) is 0 Å². The van der Waals surface area contributed by atoms with Crippen LogP contribution in [0.2, 0.25) is 0 Å². The molecule has 6 heterocycles. The lowest BCUT2D eigenvalue weighted by Crippen LogP contribution is -2.02. The molecule has 33 heavy (non-hydrogen) atoms. The molecule has 0 aliphatic rings. The first-order chi connectivity index (χ1) is 16.3. The predicted octanol–water partition coefficient (Wildman–Crippen LogP) is 2.07. The third kappa shape index (κ3) is 2.67. The highest BCUT2D eigenvalue weighted by atomic mass is 15.1. The molecule has 6 aromatic heterocycles. The minimum Gasteiger partial charge on any atom is -0.296 e. The quantitative estimate of drug-likeness (QED) is 0.412. The first-order valence-corrected chi connectivity index (χ1v) is 9.90. The van der Waals surface area contributed by atoms with Crippen LogP contribution in [0.5, 0.6) is 0 Å². The Hall–Kier alpha value is -5.13. The fourth-order valence-electron chi connectivity index (χ4n) is 3.89. The standard InChI is InChI=1S/C21H12N12/c1-13(31-10-28-19-16(31)4-22-7-25-19)2-15(33-12-30-21-18(33)6-24-9-27-21)3-14(1)32-11-29-20-17(32)5-23-8-26-20/h1-12H. The van der Waals surface area contributed by atoms with Gasteiger partial charge in [-0.15, -0.1) is 0 Å². The van der Waals surface area contributed by atoms with Crippen molar-refractivity contribution in [2.45, 2.75) is 0 Å². The number of imidazole rings is 3. The van der Waals surface area contributed by atoms with E-state index in [9.17, 15) is 0 Å². The minimum atomic E-state index is 0.611. The summed E-state index contributed by atoms with van der Waals surface area (Å²) >= 11 is 0. The maximum absolute atomic E-state index is 4.41. The number of nitrogens with zero attached hydrogens (tertiary/aromatic N) is 12. The van der Waals surface area contributed by atoms with Gasteiger partial charge in [0.05, 0.1) is 35.7 Å². The van der Waals surface area contributed by atoms with Crippen molar-refractivity contribution in [2.75, 3.05) is 0 Å². The number of fused-ring (bicyclic) bond motifs is 3. The Balaban J connectivity index is 1.52. The van der Waals surface area contributed by atoms with Gasteiger partial charge in [-0.3, -0.25) is 13.7 Å². The summed E-state index contributed by atoms with van der Waals surface area (Å²) in [7, 11) is 0. The second kappa shape index (κ2) is 6.68. The van der Waals surface area contributed by atoms with E-state index >= 15 is 0 Å². The number of aromatic nitrogens is 12. The van der Waals surface area contributed by atoms with Crippen LogP contribution in [0.3, 0.4) is 0 Å². The lowest BCUT2D eigenvalue weighted by molar-refractivity contribution is 1.02. The predicted molar refractivity (Wildman–Crippen MR) is 117 cm³/mol. The Bertz CT molecular complexity index is 1570. The van der Waals surface area contributed by atoms with Crippen LogP contribution >= 0.6 is 0 Å². The van der Waals surface area contributed by atoms with Crippen LogP contribution in [0.1, 0.15) is 0 Å². The Labute approximate surface area is 184 Å². The molecule has 1 aromatic carbocycles. The molecule has 0 saturated carbocycles. The van der Waals surface area contributed by atoms with E-state index in [1.807, 2.05) is 31.9 Å². The fraction of sp³-hybridized carbons (Fsp3) is 0. The van der Waals surface area contributed by atoms with Crippen LogP contribution in [0.15, 0.2) is 74.8 Å². The molecule has 0 radical (unpaired) electrons. The average molecular weight is 432 g/mol. The van der Waals surface area contributed by atoms with Crippen LogP contribution < -0.4 is 0 Å². The molecule has 0 aliphatic carbocycles. The van der Waals surface area contributed by atoms with E-state index in [1.165, 1.54) is 19.0 Å². The van der Waals surface area contributed by atoms with Gasteiger partial charge in [-0.25, -0.2) is 44.9 Å². The van der Waals surface area contributed by atoms with Gasteiger partial charge in [0.15, 0.2) is 16.9 Å². The molecule has 0 N–H and O–H groups in total. The van der Waals surface area contributed by atoms with Crippen LogP contribution in [0.25, 0.3) is 50.6 Å². The van der Waals surface area contributed by atoms with Crippen LogP contribution in [-0.2, 0) is 0 Å². The highest BCUT2D eigenvalue weighted by Gasteiger charge is 2.14. The van der Waals surface area contributed by atoms with Gasteiger partial charge in [0.2, 0.25) is 0 Å². The first kappa shape index (κ1) is 17.5. The van der Waals surface area contributed by atoms with Crippen molar-refractivity contribution in [3.63, 3.8) is 0 Å². The monoisotopic (exact) mass is 432 g/mol. The number of hydrogen-bond acceptors (Lipinski definition) is 9. The Morgan fingerprint density at radius 2 is 0.758 bits per heavy atom. The molecule has 7 rings (SSSR count). The largest absolute Gasteiger partial charge is 0.296 e. The van der Waals surface area contributed by atoms with Crippen molar-refractivity contribution in [3.05, 3.63) is 74.8 Å². The van der Waals surface area contributed by atoms with Crippen LogP contribution in [-0.4, -0.2) is 58.6 Å². The normalized spacial score (nSPS) is 11.6. The molecule has 0 atom stereocenters. The van der Waals surface area contributed by atoms with Gasteiger partial charge in [-0.1, -0.05) is 0 Å². The summed E-state index contributed by atoms with van der Waals surface area (Å²) in [5, 5.41) is 0. The second-order valence-corrected chi connectivity index (χ2v) is 7.25. The second-order valence-electron chi connectivity index (χ2n) is 7.25. The maximum atomic E-state index is 4.41. The lowest BCUT2D eigenvalue weighted by atomic mass is 10.2. The van der Waals surface area contributed by atoms with Crippen LogP contribution in [0, 0.1) is 0 Å². The molecule has 0 unspecified atom stereocenters. The molecule has 0 amide bonds. The van der Waals surface area contributed by atoms with Gasteiger partial charge in [0, 0.05) is 0 Å². The summed E-state index contributed by atoms with van der Waals surface area (Å²) in [5.41, 5.74) is 6.78. The Morgan fingerprint density at radius 1 is 0.424 bits per heavy atom. The zero-order valence-corrected chi connectivity index (χ0v) is 16.8. The maximum Gasteiger partial charge on any atom is 0.181 e. The minimum absolute atomic E-state index is 0.611. The Kier molecular flexibility index (Phi) is 3.55. The SMILES string of the molecule is c1ncc2c(n1)ncn2-c1cc(-n2cnc3ncncc32)cc(-n2cnc3ncncc32)c1. The zero-order valence-electron chi connectivity index (χ0n) is 16.8. The number of benzene rings is 1. The molecule has 7 aromatic rings. The van der Waals surface area contributed by atoms with E-state index < -0.39 is 0 Å². The number of hydrogen-bond donors (Lipinski definition) is 0. The molecule has 0 saturated heterocycles. The highest BCUT2D eigenvalue weighted by Crippen LogP contribution is 2.26. The number of rotatable bonds is 3. The van der Waals surface area contributed by atoms with E-state index in [1.54, 1.807) is 37.6 Å². The zero-order chi connectivity index (χ0) is 21.8. The fourth-order valence-corrected chi connectivity index (χ4v) is 3.89. The van der Waals surface area contributed by atoms with Crippen molar-refractivity contribution in [3.8, 4) is 17.1 Å². The molecule has 0 bridgehead atoms.